The van der Waals surface area contributed by atoms with E-state index in [-0.39, 0.29) is 6.04 Å². The smallest absolute Gasteiger partial charge is 0.122 e. The van der Waals surface area contributed by atoms with Crippen molar-refractivity contribution in [3.8, 4) is 0 Å². The minimum Gasteiger partial charge on any atom is -0.464 e. The molecule has 1 aromatic heterocycles. The minimum absolute atomic E-state index is 0.266. The Kier molecular flexibility index (Phi) is 4.24. The molecule has 0 spiro atoms. The lowest BCUT2D eigenvalue weighted by atomic mass is 10.1. The van der Waals surface area contributed by atoms with E-state index in [0.717, 1.165) is 24.5 Å². The lowest BCUT2D eigenvalue weighted by Gasteiger charge is -2.30. The first-order valence-corrected chi connectivity index (χ1v) is 6.84. The molecule has 0 bridgehead atoms. The summed E-state index contributed by atoms with van der Waals surface area (Å²) in [6, 6.07) is 5.12. The Morgan fingerprint density at radius 1 is 1.47 bits per heavy atom. The first-order chi connectivity index (χ1) is 8.30. The van der Waals surface area contributed by atoms with Crippen molar-refractivity contribution >= 4 is 0 Å². The monoisotopic (exact) mass is 236 g/mol. The van der Waals surface area contributed by atoms with Crippen molar-refractivity contribution in [3.63, 3.8) is 0 Å². The van der Waals surface area contributed by atoms with Crippen molar-refractivity contribution in [2.75, 3.05) is 13.1 Å². The van der Waals surface area contributed by atoms with Crippen LogP contribution in [0.4, 0.5) is 0 Å². The number of nitrogens with zero attached hydrogens (tertiary/aromatic N) is 1. The van der Waals surface area contributed by atoms with Crippen molar-refractivity contribution in [3.05, 3.63) is 23.7 Å². The quantitative estimate of drug-likeness (QED) is 0.854. The SMILES string of the molecule is CCc1ccc(C(CN)N2CCCC2CC)o1. The predicted octanol–water partition coefficient (Wildman–Crippen LogP) is 2.72. The fourth-order valence-electron chi connectivity index (χ4n) is 2.89. The van der Waals surface area contributed by atoms with Crippen LogP contribution < -0.4 is 5.73 Å². The molecule has 2 atom stereocenters. The Morgan fingerprint density at radius 2 is 2.29 bits per heavy atom. The maximum Gasteiger partial charge on any atom is 0.122 e. The molecule has 0 saturated carbocycles. The summed E-state index contributed by atoms with van der Waals surface area (Å²) < 4.78 is 5.87. The zero-order valence-electron chi connectivity index (χ0n) is 11.0. The molecule has 2 heterocycles. The zero-order chi connectivity index (χ0) is 12.3. The maximum atomic E-state index is 5.95. The van der Waals surface area contributed by atoms with E-state index in [1.54, 1.807) is 0 Å². The summed E-state index contributed by atoms with van der Waals surface area (Å²) in [6.07, 6.45) is 4.75. The minimum atomic E-state index is 0.266. The third-order valence-electron chi connectivity index (χ3n) is 3.88. The highest BCUT2D eigenvalue weighted by Gasteiger charge is 2.31. The summed E-state index contributed by atoms with van der Waals surface area (Å²) >= 11 is 0. The van der Waals surface area contributed by atoms with Crippen LogP contribution >= 0.6 is 0 Å². The lowest BCUT2D eigenvalue weighted by Crippen LogP contribution is -2.36. The Balaban J connectivity index is 2.14. The van der Waals surface area contributed by atoms with Crippen LogP contribution in [0.25, 0.3) is 0 Å². The van der Waals surface area contributed by atoms with Crippen LogP contribution in [-0.4, -0.2) is 24.0 Å². The maximum absolute atomic E-state index is 5.95. The Bertz CT molecular complexity index is 348. The van der Waals surface area contributed by atoms with Crippen molar-refractivity contribution in [1.29, 1.82) is 0 Å². The Morgan fingerprint density at radius 3 is 2.88 bits per heavy atom. The van der Waals surface area contributed by atoms with Crippen LogP contribution in [0.15, 0.2) is 16.5 Å². The standard InChI is InChI=1S/C14H24N2O/c1-3-11-6-5-9-16(11)13(10-15)14-8-7-12(4-2)17-14/h7-8,11,13H,3-6,9-10,15H2,1-2H3. The normalized spacial score (nSPS) is 23.1. The second-order valence-electron chi connectivity index (χ2n) is 4.85. The molecular formula is C14H24N2O. The van der Waals surface area contributed by atoms with Gasteiger partial charge in [-0.1, -0.05) is 13.8 Å². The van der Waals surface area contributed by atoms with E-state index in [2.05, 4.69) is 30.9 Å². The Hall–Kier alpha value is -0.800. The van der Waals surface area contributed by atoms with Crippen molar-refractivity contribution in [2.45, 2.75) is 51.6 Å². The average Bonchev–Trinajstić information content (AvgIpc) is 2.99. The fourth-order valence-corrected chi connectivity index (χ4v) is 2.89. The first kappa shape index (κ1) is 12.7. The molecule has 2 unspecified atom stereocenters. The van der Waals surface area contributed by atoms with Crippen LogP contribution in [-0.2, 0) is 6.42 Å². The average molecular weight is 236 g/mol. The molecule has 0 aliphatic carbocycles. The predicted molar refractivity (Wildman–Crippen MR) is 69.9 cm³/mol. The molecule has 1 saturated heterocycles. The van der Waals surface area contributed by atoms with Gasteiger partial charge in [-0.05, 0) is 37.9 Å². The number of nitrogens with two attached hydrogens (primary N) is 1. The lowest BCUT2D eigenvalue weighted by molar-refractivity contribution is 0.159. The van der Waals surface area contributed by atoms with E-state index in [9.17, 15) is 0 Å². The number of hydrogen-bond donors (Lipinski definition) is 1. The molecule has 1 fully saturated rings. The number of furan rings is 1. The summed E-state index contributed by atoms with van der Waals surface area (Å²) in [6.45, 7) is 6.18. The van der Waals surface area contributed by atoms with Gasteiger partial charge in [0.2, 0.25) is 0 Å². The molecule has 2 N–H and O–H groups in total. The summed E-state index contributed by atoms with van der Waals surface area (Å²) in [5.74, 6) is 2.11. The van der Waals surface area contributed by atoms with Crippen molar-refractivity contribution in [2.24, 2.45) is 5.73 Å². The number of likely N-dealkylation sites (tertiary alicyclic amines) is 1. The van der Waals surface area contributed by atoms with Gasteiger partial charge in [0.1, 0.15) is 11.5 Å². The molecular weight excluding hydrogens is 212 g/mol. The molecule has 0 aromatic carbocycles. The van der Waals surface area contributed by atoms with Crippen LogP contribution in [0.1, 0.15) is 50.7 Å². The van der Waals surface area contributed by atoms with Gasteiger partial charge in [0.15, 0.2) is 0 Å². The van der Waals surface area contributed by atoms with Gasteiger partial charge in [0.25, 0.3) is 0 Å². The topological polar surface area (TPSA) is 42.4 Å². The van der Waals surface area contributed by atoms with E-state index in [0.29, 0.717) is 12.6 Å². The molecule has 2 rings (SSSR count). The molecule has 17 heavy (non-hydrogen) atoms. The first-order valence-electron chi connectivity index (χ1n) is 6.84. The van der Waals surface area contributed by atoms with Crippen LogP contribution in [0.3, 0.4) is 0 Å². The highest BCUT2D eigenvalue weighted by molar-refractivity contribution is 5.12. The van der Waals surface area contributed by atoms with Gasteiger partial charge in [0, 0.05) is 19.0 Å². The molecule has 3 heteroatoms. The molecule has 3 nitrogen and oxygen atoms in total. The highest BCUT2D eigenvalue weighted by Crippen LogP contribution is 2.31. The molecule has 96 valence electrons. The van der Waals surface area contributed by atoms with E-state index >= 15 is 0 Å². The Labute approximate surface area is 104 Å². The number of rotatable bonds is 5. The zero-order valence-corrected chi connectivity index (χ0v) is 11.0. The molecule has 1 aromatic rings. The largest absolute Gasteiger partial charge is 0.464 e. The molecule has 1 aliphatic rings. The summed E-state index contributed by atoms with van der Waals surface area (Å²) in [5.41, 5.74) is 5.95. The van der Waals surface area contributed by atoms with Gasteiger partial charge >= 0.3 is 0 Å². The van der Waals surface area contributed by atoms with Crippen molar-refractivity contribution in [1.82, 2.24) is 4.90 Å². The van der Waals surface area contributed by atoms with Gasteiger partial charge in [0.05, 0.1) is 6.04 Å². The van der Waals surface area contributed by atoms with Crippen molar-refractivity contribution < 1.29 is 4.42 Å². The molecule has 0 amide bonds. The molecule has 1 aliphatic heterocycles. The van der Waals surface area contributed by atoms with E-state index in [1.165, 1.54) is 19.3 Å². The molecule has 0 radical (unpaired) electrons. The van der Waals surface area contributed by atoms with E-state index in [4.69, 9.17) is 10.2 Å². The summed E-state index contributed by atoms with van der Waals surface area (Å²) in [7, 11) is 0. The van der Waals surface area contributed by atoms with Crippen LogP contribution in [0.2, 0.25) is 0 Å². The number of aryl methyl sites for hydroxylation is 1. The summed E-state index contributed by atoms with van der Waals surface area (Å²) in [5, 5.41) is 0. The van der Waals surface area contributed by atoms with Crippen LogP contribution in [0, 0.1) is 0 Å². The van der Waals surface area contributed by atoms with Gasteiger partial charge < -0.3 is 10.2 Å². The van der Waals surface area contributed by atoms with Crippen LogP contribution in [0.5, 0.6) is 0 Å². The summed E-state index contributed by atoms with van der Waals surface area (Å²) in [4.78, 5) is 2.53. The second-order valence-corrected chi connectivity index (χ2v) is 4.85. The van der Waals surface area contributed by atoms with E-state index < -0.39 is 0 Å². The van der Waals surface area contributed by atoms with Gasteiger partial charge in [-0.15, -0.1) is 0 Å². The fraction of sp³-hybridized carbons (Fsp3) is 0.714. The van der Waals surface area contributed by atoms with E-state index in [1.807, 2.05) is 0 Å². The van der Waals surface area contributed by atoms with Gasteiger partial charge in [-0.2, -0.15) is 0 Å². The highest BCUT2D eigenvalue weighted by atomic mass is 16.3. The third kappa shape index (κ3) is 2.55. The number of hydrogen-bond acceptors (Lipinski definition) is 3. The van der Waals surface area contributed by atoms with Gasteiger partial charge in [-0.3, -0.25) is 4.90 Å². The van der Waals surface area contributed by atoms with Gasteiger partial charge in [-0.25, -0.2) is 0 Å². The second kappa shape index (κ2) is 5.69. The third-order valence-corrected chi connectivity index (χ3v) is 3.88.